The van der Waals surface area contributed by atoms with Gasteiger partial charge in [0.05, 0.1) is 16.2 Å². The van der Waals surface area contributed by atoms with Gasteiger partial charge in [-0.3, -0.25) is 4.79 Å². The average Bonchev–Trinajstić information content (AvgIpc) is 3.11. The Morgan fingerprint density at radius 2 is 2.20 bits per heavy atom. The smallest absolute Gasteiger partial charge is 0.261 e. The summed E-state index contributed by atoms with van der Waals surface area (Å²) in [6, 6.07) is 8.07. The van der Waals surface area contributed by atoms with Crippen molar-refractivity contribution in [3.05, 3.63) is 35.3 Å². The van der Waals surface area contributed by atoms with Gasteiger partial charge in [0.25, 0.3) is 5.91 Å². The molecule has 132 valence electrons. The number of methoxy groups -OCH3 is 1. The summed E-state index contributed by atoms with van der Waals surface area (Å²) in [6.45, 7) is 3.37. The lowest BCUT2D eigenvalue weighted by Gasteiger charge is -2.44. The van der Waals surface area contributed by atoms with E-state index in [2.05, 4.69) is 15.2 Å². The third-order valence-electron chi connectivity index (χ3n) is 4.91. The van der Waals surface area contributed by atoms with E-state index >= 15 is 0 Å². The molecule has 5 nitrogen and oxygen atoms in total. The highest BCUT2D eigenvalue weighted by molar-refractivity contribution is 8.01. The van der Waals surface area contributed by atoms with Crippen molar-refractivity contribution in [3.63, 3.8) is 0 Å². The molecule has 0 aliphatic carbocycles. The van der Waals surface area contributed by atoms with Crippen molar-refractivity contribution in [2.45, 2.75) is 28.0 Å². The number of aromatic nitrogens is 1. The van der Waals surface area contributed by atoms with Gasteiger partial charge < -0.3 is 15.0 Å². The molecule has 1 atom stereocenters. The molecule has 2 aromatic heterocycles. The number of carbonyl (C=O) groups excluding carboxylic acids is 1. The Balaban J connectivity index is 1.39. The number of nitrogens with zero attached hydrogens (tertiary/aromatic N) is 2. The van der Waals surface area contributed by atoms with Crippen molar-refractivity contribution in [1.29, 1.82) is 0 Å². The molecular formula is C18H21N3O2S2. The molecule has 0 saturated carbocycles. The van der Waals surface area contributed by atoms with Crippen LogP contribution in [0.4, 0.5) is 0 Å². The summed E-state index contributed by atoms with van der Waals surface area (Å²) < 4.78 is 6.25. The molecule has 3 aliphatic heterocycles. The molecule has 3 saturated heterocycles. The molecule has 3 fully saturated rings. The number of rotatable bonds is 5. The predicted octanol–water partition coefficient (Wildman–Crippen LogP) is 3.13. The Morgan fingerprint density at radius 3 is 2.92 bits per heavy atom. The number of thiophene rings is 1. The largest absolute Gasteiger partial charge is 0.481 e. The fourth-order valence-electron chi connectivity index (χ4n) is 3.55. The lowest BCUT2D eigenvalue weighted by Crippen LogP contribution is -2.57. The first-order valence-corrected chi connectivity index (χ1v) is 10.2. The van der Waals surface area contributed by atoms with Crippen LogP contribution in [0.1, 0.15) is 22.5 Å². The highest BCUT2D eigenvalue weighted by atomic mass is 32.2. The second kappa shape index (κ2) is 7.35. The molecule has 2 bridgehead atoms. The number of amides is 1. The SMILES string of the molecule is COc1cc(Sc2ccc(C(=O)NC3CN4CCC3CC4)s2)ccn1. The number of piperidine rings is 3. The summed E-state index contributed by atoms with van der Waals surface area (Å²) in [7, 11) is 1.61. The van der Waals surface area contributed by atoms with E-state index in [1.807, 2.05) is 24.3 Å². The number of hydrogen-bond donors (Lipinski definition) is 1. The van der Waals surface area contributed by atoms with Crippen LogP contribution in [0.2, 0.25) is 0 Å². The Labute approximate surface area is 155 Å². The zero-order valence-corrected chi connectivity index (χ0v) is 15.7. The van der Waals surface area contributed by atoms with Crippen LogP contribution < -0.4 is 10.1 Å². The first kappa shape index (κ1) is 16.9. The Morgan fingerprint density at radius 1 is 1.36 bits per heavy atom. The van der Waals surface area contributed by atoms with Crippen LogP contribution in [0.5, 0.6) is 5.88 Å². The molecular weight excluding hydrogens is 354 g/mol. The van der Waals surface area contributed by atoms with Crippen LogP contribution in [-0.4, -0.2) is 48.6 Å². The fourth-order valence-corrected chi connectivity index (χ4v) is 5.57. The molecule has 0 aromatic carbocycles. The summed E-state index contributed by atoms with van der Waals surface area (Å²) in [5.41, 5.74) is 0. The Bertz CT molecular complexity index is 756. The summed E-state index contributed by atoms with van der Waals surface area (Å²) in [5.74, 6) is 1.30. The number of nitrogens with one attached hydrogen (secondary N) is 1. The molecule has 1 amide bonds. The lowest BCUT2D eigenvalue weighted by molar-refractivity contribution is 0.0622. The van der Waals surface area contributed by atoms with E-state index in [1.165, 1.54) is 37.3 Å². The minimum absolute atomic E-state index is 0.0582. The van der Waals surface area contributed by atoms with E-state index in [1.54, 1.807) is 25.1 Å². The van der Waals surface area contributed by atoms with Crippen LogP contribution in [0.3, 0.4) is 0 Å². The highest BCUT2D eigenvalue weighted by Crippen LogP contribution is 2.34. The van der Waals surface area contributed by atoms with E-state index in [0.717, 1.165) is 20.5 Å². The van der Waals surface area contributed by atoms with Crippen molar-refractivity contribution < 1.29 is 9.53 Å². The topological polar surface area (TPSA) is 54.5 Å². The van der Waals surface area contributed by atoms with Crippen LogP contribution in [0.25, 0.3) is 0 Å². The standard InChI is InChI=1S/C18H21N3O2S2/c1-23-16-10-13(4-7-19-16)24-17-3-2-15(25-17)18(22)20-14-11-21-8-5-12(14)6-9-21/h2-4,7,10,12,14H,5-6,8-9,11H2,1H3,(H,20,22). The first-order chi connectivity index (χ1) is 12.2. The minimum Gasteiger partial charge on any atom is -0.481 e. The van der Waals surface area contributed by atoms with Crippen LogP contribution in [0, 0.1) is 5.92 Å². The minimum atomic E-state index is 0.0582. The number of pyridine rings is 1. The van der Waals surface area contributed by atoms with Gasteiger partial charge in [-0.05, 0) is 50.0 Å². The molecule has 2 aromatic rings. The predicted molar refractivity (Wildman–Crippen MR) is 99.6 cm³/mol. The third-order valence-corrected chi connectivity index (χ3v) is 7.12. The second-order valence-corrected chi connectivity index (χ2v) is 8.93. The van der Waals surface area contributed by atoms with Crippen molar-refractivity contribution >= 4 is 29.0 Å². The Hall–Kier alpha value is -1.57. The molecule has 5 rings (SSSR count). The van der Waals surface area contributed by atoms with Gasteiger partial charge in [-0.1, -0.05) is 11.8 Å². The van der Waals surface area contributed by atoms with Gasteiger partial charge in [-0.2, -0.15) is 0 Å². The molecule has 7 heteroatoms. The average molecular weight is 376 g/mol. The maximum absolute atomic E-state index is 12.6. The molecule has 0 radical (unpaired) electrons. The summed E-state index contributed by atoms with van der Waals surface area (Å²) in [4.78, 5) is 21.0. The van der Waals surface area contributed by atoms with Gasteiger partial charge in [0, 0.05) is 29.7 Å². The van der Waals surface area contributed by atoms with Gasteiger partial charge in [-0.25, -0.2) is 4.98 Å². The highest BCUT2D eigenvalue weighted by Gasteiger charge is 2.35. The third kappa shape index (κ3) is 3.83. The monoisotopic (exact) mass is 375 g/mol. The van der Waals surface area contributed by atoms with Gasteiger partial charge in [0.1, 0.15) is 0 Å². The van der Waals surface area contributed by atoms with Gasteiger partial charge >= 0.3 is 0 Å². The maximum Gasteiger partial charge on any atom is 0.261 e. The zero-order valence-electron chi connectivity index (χ0n) is 14.1. The van der Waals surface area contributed by atoms with Gasteiger partial charge in [-0.15, -0.1) is 11.3 Å². The van der Waals surface area contributed by atoms with Gasteiger partial charge in [0.2, 0.25) is 5.88 Å². The molecule has 5 heterocycles. The molecule has 1 unspecified atom stereocenters. The van der Waals surface area contributed by atoms with E-state index in [-0.39, 0.29) is 5.91 Å². The Kier molecular flexibility index (Phi) is 4.96. The summed E-state index contributed by atoms with van der Waals surface area (Å²) in [6.07, 6.45) is 4.15. The van der Waals surface area contributed by atoms with Crippen LogP contribution >= 0.6 is 23.1 Å². The maximum atomic E-state index is 12.6. The van der Waals surface area contributed by atoms with Crippen LogP contribution in [-0.2, 0) is 0 Å². The van der Waals surface area contributed by atoms with Crippen molar-refractivity contribution in [1.82, 2.24) is 15.2 Å². The number of fused-ring (bicyclic) bond motifs is 3. The van der Waals surface area contributed by atoms with Crippen molar-refractivity contribution in [2.24, 2.45) is 5.92 Å². The van der Waals surface area contributed by atoms with Crippen LogP contribution in [0.15, 0.2) is 39.6 Å². The van der Waals surface area contributed by atoms with Gasteiger partial charge in [0.15, 0.2) is 0 Å². The zero-order chi connectivity index (χ0) is 17.2. The molecule has 25 heavy (non-hydrogen) atoms. The fraction of sp³-hybridized carbons (Fsp3) is 0.444. The van der Waals surface area contributed by atoms with E-state index < -0.39 is 0 Å². The van der Waals surface area contributed by atoms with Crippen molar-refractivity contribution in [2.75, 3.05) is 26.7 Å². The first-order valence-electron chi connectivity index (χ1n) is 8.52. The normalized spacial score (nSPS) is 24.9. The quantitative estimate of drug-likeness (QED) is 0.870. The number of carbonyl (C=O) groups is 1. The lowest BCUT2D eigenvalue weighted by atomic mass is 9.84. The summed E-state index contributed by atoms with van der Waals surface area (Å²) in [5, 5.41) is 3.25. The van der Waals surface area contributed by atoms with E-state index in [0.29, 0.717) is 17.8 Å². The van der Waals surface area contributed by atoms with E-state index in [9.17, 15) is 4.79 Å². The molecule has 0 spiro atoms. The van der Waals surface area contributed by atoms with E-state index in [4.69, 9.17) is 4.74 Å². The number of hydrogen-bond acceptors (Lipinski definition) is 6. The second-order valence-electron chi connectivity index (χ2n) is 6.47. The molecule has 1 N–H and O–H groups in total. The number of ether oxygens (including phenoxy) is 1. The summed E-state index contributed by atoms with van der Waals surface area (Å²) >= 11 is 3.16. The van der Waals surface area contributed by atoms with Crippen molar-refractivity contribution in [3.8, 4) is 5.88 Å². The molecule has 3 aliphatic rings.